The maximum atomic E-state index is 13.1. The third-order valence-corrected chi connectivity index (χ3v) is 4.56. The quantitative estimate of drug-likeness (QED) is 0.621. The summed E-state index contributed by atoms with van der Waals surface area (Å²) in [7, 11) is 0. The minimum absolute atomic E-state index is 0.0784. The normalized spacial score (nSPS) is 20.0. The van der Waals surface area contributed by atoms with Crippen molar-refractivity contribution in [2.24, 2.45) is 0 Å². The molecule has 118 valence electrons. The van der Waals surface area contributed by atoms with Gasteiger partial charge >= 0.3 is 6.03 Å². The lowest BCUT2D eigenvalue weighted by molar-refractivity contribution is -0.125. The number of hydrogen-bond acceptors (Lipinski definition) is 3. The van der Waals surface area contributed by atoms with Crippen molar-refractivity contribution in [1.29, 1.82) is 0 Å². The number of carbonyl (C=O) groups is 2. The lowest BCUT2D eigenvalue weighted by atomic mass is 9.72. The van der Waals surface area contributed by atoms with Crippen LogP contribution in [0.1, 0.15) is 31.2 Å². The van der Waals surface area contributed by atoms with Gasteiger partial charge < -0.3 is 10.6 Å². The number of hydrogen-bond donors (Lipinski definition) is 2. The lowest BCUT2D eigenvalue weighted by Gasteiger charge is -2.43. The Labute approximate surface area is 128 Å². The minimum Gasteiger partial charge on any atom is -0.329 e. The van der Waals surface area contributed by atoms with Crippen LogP contribution in [0.2, 0.25) is 0 Å². The number of imide groups is 1. The Morgan fingerprint density at radius 3 is 2.50 bits per heavy atom. The second-order valence-electron chi connectivity index (χ2n) is 5.93. The van der Waals surface area contributed by atoms with Crippen LogP contribution in [0.25, 0.3) is 0 Å². The second-order valence-corrected chi connectivity index (χ2v) is 5.93. The molecule has 1 aliphatic carbocycles. The van der Waals surface area contributed by atoms with Crippen LogP contribution in [0.15, 0.2) is 24.3 Å². The van der Waals surface area contributed by atoms with Crippen LogP contribution in [0.3, 0.4) is 0 Å². The molecule has 0 aromatic heterocycles. The molecule has 2 N–H and O–H groups in total. The highest BCUT2D eigenvalue weighted by atomic mass is 19.1. The van der Waals surface area contributed by atoms with Gasteiger partial charge in [-0.05, 0) is 49.9 Å². The van der Waals surface area contributed by atoms with Crippen molar-refractivity contribution in [1.82, 2.24) is 15.5 Å². The maximum Gasteiger partial charge on any atom is 0.324 e. The zero-order valence-electron chi connectivity index (χ0n) is 12.4. The molecule has 1 aliphatic heterocycles. The molecular weight excluding hydrogens is 285 g/mol. The average Bonchev–Trinajstić information content (AvgIpc) is 2.78. The van der Waals surface area contributed by atoms with Crippen LogP contribution in [-0.4, -0.2) is 36.5 Å². The van der Waals surface area contributed by atoms with Crippen molar-refractivity contribution in [3.05, 3.63) is 35.6 Å². The number of nitrogens with one attached hydrogen (secondary N) is 2. The summed E-state index contributed by atoms with van der Waals surface area (Å²) < 4.78 is 13.1. The van der Waals surface area contributed by atoms with Crippen LogP contribution in [0, 0.1) is 5.82 Å². The summed E-state index contributed by atoms with van der Waals surface area (Å²) in [5.41, 5.74) is 1.03. The summed E-state index contributed by atoms with van der Waals surface area (Å²) in [6.45, 7) is 1.25. The third-order valence-electron chi connectivity index (χ3n) is 4.56. The van der Waals surface area contributed by atoms with Gasteiger partial charge in [0.25, 0.3) is 0 Å². The Morgan fingerprint density at radius 2 is 1.95 bits per heavy atom. The van der Waals surface area contributed by atoms with Crippen LogP contribution >= 0.6 is 0 Å². The summed E-state index contributed by atoms with van der Waals surface area (Å²) in [6.07, 6.45) is 3.92. The zero-order chi connectivity index (χ0) is 15.6. The fourth-order valence-electron chi connectivity index (χ4n) is 3.11. The van der Waals surface area contributed by atoms with Gasteiger partial charge in [-0.3, -0.25) is 9.69 Å². The molecule has 0 bridgehead atoms. The molecule has 1 aromatic carbocycles. The van der Waals surface area contributed by atoms with Crippen LogP contribution in [0.5, 0.6) is 0 Å². The molecule has 1 heterocycles. The first-order valence-electron chi connectivity index (χ1n) is 7.70. The van der Waals surface area contributed by atoms with E-state index in [2.05, 4.69) is 10.6 Å². The first-order chi connectivity index (χ1) is 10.6. The highest BCUT2D eigenvalue weighted by molar-refractivity contribution is 6.01. The van der Waals surface area contributed by atoms with Crippen LogP contribution in [0.4, 0.5) is 9.18 Å². The molecule has 3 amide bonds. The van der Waals surface area contributed by atoms with Crippen molar-refractivity contribution in [3.63, 3.8) is 0 Å². The molecule has 1 saturated carbocycles. The van der Waals surface area contributed by atoms with E-state index in [1.807, 2.05) is 12.1 Å². The molecule has 5 nitrogen and oxygen atoms in total. The molecule has 1 aromatic rings. The molecule has 0 radical (unpaired) electrons. The van der Waals surface area contributed by atoms with E-state index < -0.39 is 0 Å². The summed E-state index contributed by atoms with van der Waals surface area (Å²) in [4.78, 5) is 24.2. The fraction of sp³-hybridized carbons (Fsp3) is 0.500. The zero-order valence-corrected chi connectivity index (χ0v) is 12.4. The van der Waals surface area contributed by atoms with Crippen molar-refractivity contribution >= 4 is 11.9 Å². The number of halogens is 1. The Hall–Kier alpha value is -1.95. The standard InChI is InChI=1S/C16H20FN3O2/c17-13-5-3-12(4-6-13)16(7-1-8-16)19-9-2-10-20-14(21)11-18-15(20)22/h3-6,19H,1-2,7-11H2,(H,18,22). The number of urea groups is 1. The molecule has 2 fully saturated rings. The van der Waals surface area contributed by atoms with E-state index in [0.717, 1.165) is 24.8 Å². The molecule has 6 heteroatoms. The predicted molar refractivity (Wildman–Crippen MR) is 79.7 cm³/mol. The number of rotatable bonds is 6. The first-order valence-corrected chi connectivity index (χ1v) is 7.70. The summed E-state index contributed by atoms with van der Waals surface area (Å²) in [5.74, 6) is -0.390. The predicted octanol–water partition coefficient (Wildman–Crippen LogP) is 1.74. The van der Waals surface area contributed by atoms with Gasteiger partial charge in [-0.2, -0.15) is 0 Å². The molecule has 0 unspecified atom stereocenters. The SMILES string of the molecule is O=C1CNC(=O)N1CCCNC1(c2ccc(F)cc2)CCC1. The van der Waals surface area contributed by atoms with Crippen molar-refractivity contribution in [3.8, 4) is 0 Å². The number of nitrogens with zero attached hydrogens (tertiary/aromatic N) is 1. The van der Waals surface area contributed by atoms with Gasteiger partial charge in [0, 0.05) is 12.1 Å². The van der Waals surface area contributed by atoms with Crippen molar-refractivity contribution in [2.75, 3.05) is 19.6 Å². The van der Waals surface area contributed by atoms with Gasteiger partial charge in [0.15, 0.2) is 0 Å². The van der Waals surface area contributed by atoms with Gasteiger partial charge in [-0.25, -0.2) is 9.18 Å². The third kappa shape index (κ3) is 2.83. The highest BCUT2D eigenvalue weighted by Crippen LogP contribution is 2.41. The molecular formula is C16H20FN3O2. The van der Waals surface area contributed by atoms with Gasteiger partial charge in [-0.15, -0.1) is 0 Å². The van der Waals surface area contributed by atoms with Crippen LogP contribution in [-0.2, 0) is 10.3 Å². The summed E-state index contributed by atoms with van der Waals surface area (Å²) >= 11 is 0. The van der Waals surface area contributed by atoms with E-state index >= 15 is 0 Å². The summed E-state index contributed by atoms with van der Waals surface area (Å²) in [5, 5.41) is 6.04. The molecule has 0 spiro atoms. The van der Waals surface area contributed by atoms with E-state index in [1.54, 1.807) is 0 Å². The minimum atomic E-state index is -0.304. The highest BCUT2D eigenvalue weighted by Gasteiger charge is 2.38. The average molecular weight is 305 g/mol. The monoisotopic (exact) mass is 305 g/mol. The maximum absolute atomic E-state index is 13.1. The van der Waals surface area contributed by atoms with Crippen molar-refractivity contribution in [2.45, 2.75) is 31.2 Å². The lowest BCUT2D eigenvalue weighted by Crippen LogP contribution is -2.49. The first kappa shape index (κ1) is 15.0. The van der Waals surface area contributed by atoms with E-state index in [4.69, 9.17) is 0 Å². The Balaban J connectivity index is 1.52. The van der Waals surface area contributed by atoms with E-state index in [9.17, 15) is 14.0 Å². The number of amides is 3. The molecule has 22 heavy (non-hydrogen) atoms. The molecule has 2 aliphatic rings. The smallest absolute Gasteiger partial charge is 0.324 e. The Morgan fingerprint density at radius 1 is 1.23 bits per heavy atom. The van der Waals surface area contributed by atoms with Gasteiger partial charge in [0.2, 0.25) is 5.91 Å². The van der Waals surface area contributed by atoms with E-state index in [1.165, 1.54) is 17.0 Å². The van der Waals surface area contributed by atoms with E-state index in [0.29, 0.717) is 19.5 Å². The second kappa shape index (κ2) is 6.04. The van der Waals surface area contributed by atoms with Gasteiger partial charge in [-0.1, -0.05) is 12.1 Å². The topological polar surface area (TPSA) is 61.4 Å². The molecule has 0 atom stereocenters. The largest absolute Gasteiger partial charge is 0.329 e. The van der Waals surface area contributed by atoms with Crippen molar-refractivity contribution < 1.29 is 14.0 Å². The van der Waals surface area contributed by atoms with Gasteiger partial charge in [0.05, 0.1) is 6.54 Å². The molecule has 1 saturated heterocycles. The Kier molecular flexibility index (Phi) is 4.11. The van der Waals surface area contributed by atoms with Crippen LogP contribution < -0.4 is 10.6 Å². The van der Waals surface area contributed by atoms with E-state index in [-0.39, 0.29) is 29.8 Å². The fourth-order valence-corrected chi connectivity index (χ4v) is 3.11. The summed E-state index contributed by atoms with van der Waals surface area (Å²) in [6, 6.07) is 6.34. The number of benzene rings is 1. The molecule has 3 rings (SSSR count). The van der Waals surface area contributed by atoms with Gasteiger partial charge in [0.1, 0.15) is 5.82 Å². The Bertz CT molecular complexity index is 553. The number of carbonyl (C=O) groups excluding carboxylic acids is 2.